The summed E-state index contributed by atoms with van der Waals surface area (Å²) in [5.41, 5.74) is 0. The van der Waals surface area contributed by atoms with E-state index in [0.29, 0.717) is 0 Å². The maximum absolute atomic E-state index is 13.5. The van der Waals surface area contributed by atoms with Crippen LogP contribution in [0, 0.1) is 0 Å². The Hall–Kier alpha value is -2.01. The Morgan fingerprint density at radius 3 is 1.91 bits per heavy atom. The van der Waals surface area contributed by atoms with Crippen LogP contribution in [-0.4, -0.2) is 60.8 Å². The summed E-state index contributed by atoms with van der Waals surface area (Å²) < 4.78 is 148. The number of hydrogen-bond acceptors (Lipinski definition) is 7. The van der Waals surface area contributed by atoms with Crippen LogP contribution in [0.5, 0.6) is 0 Å². The Morgan fingerprint density at radius 2 is 1.53 bits per heavy atom. The first-order valence-electron chi connectivity index (χ1n) is 8.34. The summed E-state index contributed by atoms with van der Waals surface area (Å²) in [6.45, 7) is 3.21. The highest BCUT2D eigenvalue weighted by Gasteiger charge is 2.68. The fourth-order valence-corrected chi connectivity index (χ4v) is 2.34. The number of esters is 2. The van der Waals surface area contributed by atoms with E-state index in [2.05, 4.69) is 20.8 Å². The third kappa shape index (κ3) is 6.99. The van der Waals surface area contributed by atoms with Crippen molar-refractivity contribution < 1.29 is 71.9 Å². The largest absolute Gasteiger partial charge is 0.468 e. The van der Waals surface area contributed by atoms with Crippen molar-refractivity contribution in [3.63, 3.8) is 0 Å². The van der Waals surface area contributed by atoms with E-state index in [1.165, 1.54) is 0 Å². The first-order valence-corrected chi connectivity index (χ1v) is 9.78. The molecule has 0 aromatic rings. The molecule has 0 aliphatic carbocycles. The van der Waals surface area contributed by atoms with E-state index in [4.69, 9.17) is 4.55 Å². The van der Waals surface area contributed by atoms with Crippen molar-refractivity contribution in [2.45, 2.75) is 62.4 Å². The van der Waals surface area contributed by atoms with E-state index in [0.717, 1.165) is 13.8 Å². The summed E-state index contributed by atoms with van der Waals surface area (Å²) in [6.07, 6.45) is -11.1. The third-order valence-electron chi connectivity index (χ3n) is 3.38. The number of hydrogen-bond donors (Lipinski definition) is 1. The first kappa shape index (κ1) is 30.0. The van der Waals surface area contributed by atoms with E-state index in [9.17, 15) is 53.1 Å². The van der Waals surface area contributed by atoms with E-state index >= 15 is 0 Å². The highest BCUT2D eigenvalue weighted by molar-refractivity contribution is 7.87. The van der Waals surface area contributed by atoms with Crippen molar-refractivity contribution in [3.05, 3.63) is 12.4 Å². The van der Waals surface area contributed by atoms with Gasteiger partial charge in [-0.2, -0.15) is 43.5 Å². The van der Waals surface area contributed by atoms with E-state index in [1.807, 2.05) is 0 Å². The molecule has 0 spiro atoms. The summed E-state index contributed by atoms with van der Waals surface area (Å²) in [4.78, 5) is 23.2. The van der Waals surface area contributed by atoms with Crippen LogP contribution in [0.2, 0.25) is 0 Å². The summed E-state index contributed by atoms with van der Waals surface area (Å²) in [6, 6.07) is 0. The highest BCUT2D eigenvalue weighted by atomic mass is 32.2. The molecular weight excluding hydrogens is 492 g/mol. The van der Waals surface area contributed by atoms with Gasteiger partial charge in [-0.15, -0.1) is 0 Å². The van der Waals surface area contributed by atoms with Crippen LogP contribution >= 0.6 is 0 Å². The van der Waals surface area contributed by atoms with Crippen molar-refractivity contribution in [1.29, 1.82) is 0 Å². The lowest BCUT2D eigenvalue weighted by Gasteiger charge is -2.32. The van der Waals surface area contributed by atoms with E-state index in [-0.39, 0.29) is 0 Å². The molecule has 17 heteroatoms. The lowest BCUT2D eigenvalue weighted by molar-refractivity contribution is -0.356. The maximum Gasteiger partial charge on any atom is 0.468 e. The number of alkyl halides is 7. The van der Waals surface area contributed by atoms with Gasteiger partial charge in [-0.05, 0) is 26.7 Å². The van der Waals surface area contributed by atoms with Crippen molar-refractivity contribution >= 4 is 22.1 Å². The monoisotopic (exact) mass is 510 g/mol. The Morgan fingerprint density at radius 1 is 1.03 bits per heavy atom. The SMILES string of the molecule is C=C(F)C(=O)OC(OCCCCC(F)(F)C(F)(F)S(=O)(=O)O)(C(=O)OC(C)C)C(F)(F)F. The van der Waals surface area contributed by atoms with Crippen molar-refractivity contribution in [2.24, 2.45) is 0 Å². The fourth-order valence-electron chi connectivity index (χ4n) is 1.86. The predicted molar refractivity (Wildman–Crippen MR) is 87.6 cm³/mol. The molecule has 0 amide bonds. The Balaban J connectivity index is 5.54. The molecule has 0 aliphatic rings. The summed E-state index contributed by atoms with van der Waals surface area (Å²) in [7, 11) is -6.52. The van der Waals surface area contributed by atoms with E-state index in [1.54, 1.807) is 0 Å². The molecule has 1 unspecified atom stereocenters. The van der Waals surface area contributed by atoms with Gasteiger partial charge in [0.15, 0.2) is 0 Å². The van der Waals surface area contributed by atoms with Crippen LogP contribution in [-0.2, 0) is 33.9 Å². The van der Waals surface area contributed by atoms with Gasteiger partial charge in [-0.25, -0.2) is 9.59 Å². The standard InChI is InChI=1S/C15H18F8O8S/c1-8(2)30-11(25)13(14(19,20)21,31-10(24)9(3)16)29-7-5-4-6-12(17,18)15(22,23)32(26,27)28/h8H,3-7H2,1-2H3,(H,26,27,28). The molecule has 0 bridgehead atoms. The van der Waals surface area contributed by atoms with Crippen molar-refractivity contribution in [2.75, 3.05) is 6.61 Å². The molecule has 0 aromatic heterocycles. The lowest BCUT2D eigenvalue weighted by atomic mass is 10.1. The zero-order chi connectivity index (χ0) is 25.8. The van der Waals surface area contributed by atoms with Crippen molar-refractivity contribution in [1.82, 2.24) is 0 Å². The average Bonchev–Trinajstić information content (AvgIpc) is 2.56. The van der Waals surface area contributed by atoms with Crippen LogP contribution < -0.4 is 0 Å². The molecule has 0 radical (unpaired) electrons. The Kier molecular flexibility index (Phi) is 9.64. The number of halogens is 8. The molecule has 0 aromatic carbocycles. The van der Waals surface area contributed by atoms with Gasteiger partial charge in [0.05, 0.1) is 12.7 Å². The molecule has 0 saturated heterocycles. The smallest absolute Gasteiger partial charge is 0.458 e. The van der Waals surface area contributed by atoms with Crippen LogP contribution in [0.4, 0.5) is 35.1 Å². The summed E-state index contributed by atoms with van der Waals surface area (Å²) in [5, 5.41) is -5.89. The molecular formula is C15H18F8O8S. The molecule has 188 valence electrons. The maximum atomic E-state index is 13.5. The molecule has 0 aliphatic heterocycles. The molecule has 8 nitrogen and oxygen atoms in total. The lowest BCUT2D eigenvalue weighted by Crippen LogP contribution is -2.58. The minimum absolute atomic E-state index is 0.946. The van der Waals surface area contributed by atoms with Crippen LogP contribution in [0.1, 0.15) is 33.1 Å². The normalized spacial score (nSPS) is 15.2. The van der Waals surface area contributed by atoms with Gasteiger partial charge in [0, 0.05) is 6.42 Å². The minimum atomic E-state index is -6.52. The van der Waals surface area contributed by atoms with Gasteiger partial charge in [0.1, 0.15) is 0 Å². The second kappa shape index (κ2) is 10.3. The number of carbonyl (C=O) groups is 2. The fraction of sp³-hybridized carbons (Fsp3) is 0.733. The van der Waals surface area contributed by atoms with Gasteiger partial charge < -0.3 is 14.2 Å². The number of ether oxygens (including phenoxy) is 3. The topological polar surface area (TPSA) is 116 Å². The number of rotatable bonds is 12. The van der Waals surface area contributed by atoms with Crippen LogP contribution in [0.25, 0.3) is 0 Å². The quantitative estimate of drug-likeness (QED) is 0.106. The first-order chi connectivity index (χ1) is 14.1. The number of unbranched alkanes of at least 4 members (excludes halogenated alkanes) is 1. The van der Waals surface area contributed by atoms with Gasteiger partial charge in [-0.1, -0.05) is 6.58 Å². The van der Waals surface area contributed by atoms with Gasteiger partial charge in [-0.3, -0.25) is 4.55 Å². The van der Waals surface area contributed by atoms with Crippen LogP contribution in [0.3, 0.4) is 0 Å². The summed E-state index contributed by atoms with van der Waals surface area (Å²) in [5.74, 6) is -16.7. The second-order valence-electron chi connectivity index (χ2n) is 6.36. The molecule has 1 N–H and O–H groups in total. The zero-order valence-electron chi connectivity index (χ0n) is 16.3. The predicted octanol–water partition coefficient (Wildman–Crippen LogP) is 3.53. The number of carbonyl (C=O) groups excluding carboxylic acids is 2. The Labute approximate surface area is 176 Å². The van der Waals surface area contributed by atoms with Gasteiger partial charge >= 0.3 is 45.2 Å². The molecule has 0 rings (SSSR count). The van der Waals surface area contributed by atoms with Gasteiger partial charge in [0.2, 0.25) is 5.83 Å². The molecule has 32 heavy (non-hydrogen) atoms. The molecule has 1 atom stereocenters. The molecule has 0 heterocycles. The highest BCUT2D eigenvalue weighted by Crippen LogP contribution is 2.42. The third-order valence-corrected chi connectivity index (χ3v) is 4.33. The molecule has 0 saturated carbocycles. The van der Waals surface area contributed by atoms with E-state index < -0.39 is 83.0 Å². The minimum Gasteiger partial charge on any atom is -0.458 e. The van der Waals surface area contributed by atoms with Gasteiger partial charge in [0.25, 0.3) is 0 Å². The van der Waals surface area contributed by atoms with Crippen LogP contribution in [0.15, 0.2) is 12.4 Å². The van der Waals surface area contributed by atoms with Crippen molar-refractivity contribution in [3.8, 4) is 0 Å². The summed E-state index contributed by atoms with van der Waals surface area (Å²) >= 11 is 0. The second-order valence-corrected chi connectivity index (χ2v) is 7.83. The zero-order valence-corrected chi connectivity index (χ0v) is 17.2. The average molecular weight is 510 g/mol. The Bertz CT molecular complexity index is 809. The molecule has 0 fully saturated rings.